The molecule has 2 aromatic rings. The van der Waals surface area contributed by atoms with Crippen LogP contribution in [0.1, 0.15) is 34.3 Å². The molecule has 1 saturated heterocycles. The molecule has 5 nitrogen and oxygen atoms in total. The SMILES string of the molecule is COc1ccc(C(=O)C2CCCN2C(=O)Cc2ccccc2OC)cc1C. The van der Waals surface area contributed by atoms with Crippen LogP contribution in [0.5, 0.6) is 11.5 Å². The fourth-order valence-electron chi connectivity index (χ4n) is 3.68. The van der Waals surface area contributed by atoms with Crippen molar-refractivity contribution in [3.8, 4) is 11.5 Å². The minimum atomic E-state index is -0.403. The number of methoxy groups -OCH3 is 2. The molecule has 27 heavy (non-hydrogen) atoms. The molecule has 0 bridgehead atoms. The Morgan fingerprint density at radius 2 is 1.81 bits per heavy atom. The minimum absolute atomic E-state index is 0.00775. The zero-order valence-corrected chi connectivity index (χ0v) is 16.0. The lowest BCUT2D eigenvalue weighted by atomic mass is 9.99. The fourth-order valence-corrected chi connectivity index (χ4v) is 3.68. The second-order valence-electron chi connectivity index (χ2n) is 6.78. The molecule has 1 atom stereocenters. The number of ketones is 1. The highest BCUT2D eigenvalue weighted by Gasteiger charge is 2.34. The number of para-hydroxylation sites is 1. The molecule has 1 unspecified atom stereocenters. The molecule has 0 aliphatic carbocycles. The highest BCUT2D eigenvalue weighted by molar-refractivity contribution is 6.02. The molecule has 0 saturated carbocycles. The molecule has 142 valence electrons. The van der Waals surface area contributed by atoms with E-state index < -0.39 is 6.04 Å². The molecule has 0 aromatic heterocycles. The number of carbonyl (C=O) groups excluding carboxylic acids is 2. The standard InChI is InChI=1S/C22H25NO4/c1-15-13-17(10-11-19(15)26-2)22(25)18-8-6-12-23(18)21(24)14-16-7-4-5-9-20(16)27-3/h4-5,7,9-11,13,18H,6,8,12,14H2,1-3H3. The van der Waals surface area contributed by atoms with Gasteiger partial charge in [0.15, 0.2) is 5.78 Å². The van der Waals surface area contributed by atoms with Gasteiger partial charge in [-0.1, -0.05) is 18.2 Å². The van der Waals surface area contributed by atoms with E-state index in [1.54, 1.807) is 31.3 Å². The summed E-state index contributed by atoms with van der Waals surface area (Å²) in [6, 6.07) is 12.5. The van der Waals surface area contributed by atoms with Crippen molar-refractivity contribution in [1.29, 1.82) is 0 Å². The van der Waals surface area contributed by atoms with Crippen LogP contribution >= 0.6 is 0 Å². The molecule has 1 aliphatic heterocycles. The largest absolute Gasteiger partial charge is 0.496 e. The van der Waals surface area contributed by atoms with Crippen molar-refractivity contribution in [1.82, 2.24) is 4.90 Å². The summed E-state index contributed by atoms with van der Waals surface area (Å²) in [5, 5.41) is 0. The van der Waals surface area contributed by atoms with Gasteiger partial charge in [0.05, 0.1) is 26.7 Å². The van der Waals surface area contributed by atoms with Crippen molar-refractivity contribution in [2.75, 3.05) is 20.8 Å². The number of ether oxygens (including phenoxy) is 2. The van der Waals surface area contributed by atoms with Gasteiger partial charge in [-0.2, -0.15) is 0 Å². The Morgan fingerprint density at radius 1 is 1.07 bits per heavy atom. The van der Waals surface area contributed by atoms with Gasteiger partial charge >= 0.3 is 0 Å². The lowest BCUT2D eigenvalue weighted by Gasteiger charge is -2.24. The summed E-state index contributed by atoms with van der Waals surface area (Å²) in [5.74, 6) is 1.40. The first kappa shape index (κ1) is 19.0. The quantitative estimate of drug-likeness (QED) is 0.734. The lowest BCUT2D eigenvalue weighted by Crippen LogP contribution is -2.41. The van der Waals surface area contributed by atoms with Gasteiger partial charge in [-0.05, 0) is 49.6 Å². The molecular formula is C22H25NO4. The van der Waals surface area contributed by atoms with Crippen molar-refractivity contribution in [3.63, 3.8) is 0 Å². The second-order valence-corrected chi connectivity index (χ2v) is 6.78. The zero-order chi connectivity index (χ0) is 19.4. The number of likely N-dealkylation sites (tertiary alicyclic amines) is 1. The zero-order valence-electron chi connectivity index (χ0n) is 16.0. The summed E-state index contributed by atoms with van der Waals surface area (Å²) in [5.41, 5.74) is 2.37. The van der Waals surface area contributed by atoms with Crippen molar-refractivity contribution >= 4 is 11.7 Å². The van der Waals surface area contributed by atoms with E-state index in [-0.39, 0.29) is 18.1 Å². The Kier molecular flexibility index (Phi) is 5.79. The highest BCUT2D eigenvalue weighted by atomic mass is 16.5. The Labute approximate surface area is 159 Å². The molecule has 3 rings (SSSR count). The summed E-state index contributed by atoms with van der Waals surface area (Å²) in [7, 11) is 3.20. The first-order valence-electron chi connectivity index (χ1n) is 9.15. The predicted molar refractivity (Wildman–Crippen MR) is 103 cm³/mol. The number of amides is 1. The summed E-state index contributed by atoms with van der Waals surface area (Å²) in [6.45, 7) is 2.52. The number of benzene rings is 2. The monoisotopic (exact) mass is 367 g/mol. The van der Waals surface area contributed by atoms with Crippen LogP contribution in [0, 0.1) is 6.92 Å². The Balaban J connectivity index is 1.77. The third-order valence-electron chi connectivity index (χ3n) is 5.09. The number of carbonyl (C=O) groups is 2. The first-order valence-corrected chi connectivity index (χ1v) is 9.15. The van der Waals surface area contributed by atoms with Gasteiger partial charge in [0, 0.05) is 17.7 Å². The molecule has 1 fully saturated rings. The van der Waals surface area contributed by atoms with Gasteiger partial charge in [0.1, 0.15) is 11.5 Å². The molecule has 1 amide bonds. The third kappa shape index (κ3) is 3.97. The molecule has 1 heterocycles. The number of rotatable bonds is 6. The lowest BCUT2D eigenvalue weighted by molar-refractivity contribution is -0.130. The van der Waals surface area contributed by atoms with Gasteiger partial charge in [-0.3, -0.25) is 9.59 Å². The normalized spacial score (nSPS) is 16.3. The second kappa shape index (κ2) is 8.25. The van der Waals surface area contributed by atoms with Gasteiger partial charge in [-0.25, -0.2) is 0 Å². The van der Waals surface area contributed by atoms with Gasteiger partial charge in [-0.15, -0.1) is 0 Å². The minimum Gasteiger partial charge on any atom is -0.496 e. The van der Waals surface area contributed by atoms with Crippen molar-refractivity contribution in [2.24, 2.45) is 0 Å². The number of aryl methyl sites for hydroxylation is 1. The smallest absolute Gasteiger partial charge is 0.227 e. The van der Waals surface area contributed by atoms with E-state index in [0.29, 0.717) is 24.3 Å². The van der Waals surface area contributed by atoms with E-state index in [1.807, 2.05) is 37.3 Å². The van der Waals surface area contributed by atoms with Crippen molar-refractivity contribution in [3.05, 3.63) is 59.2 Å². The van der Waals surface area contributed by atoms with Gasteiger partial charge < -0.3 is 14.4 Å². The molecule has 0 radical (unpaired) electrons. The van der Waals surface area contributed by atoms with E-state index in [4.69, 9.17) is 9.47 Å². The first-order chi connectivity index (χ1) is 13.0. The van der Waals surface area contributed by atoms with Crippen LogP contribution in [0.2, 0.25) is 0 Å². The summed E-state index contributed by atoms with van der Waals surface area (Å²) < 4.78 is 10.6. The van der Waals surface area contributed by atoms with E-state index in [1.165, 1.54) is 0 Å². The van der Waals surface area contributed by atoms with Crippen LogP contribution in [-0.2, 0) is 11.2 Å². The van der Waals surface area contributed by atoms with Crippen molar-refractivity contribution < 1.29 is 19.1 Å². The van der Waals surface area contributed by atoms with Crippen LogP contribution in [0.15, 0.2) is 42.5 Å². The predicted octanol–water partition coefficient (Wildman–Crippen LogP) is 3.43. The number of nitrogens with zero attached hydrogens (tertiary/aromatic N) is 1. The molecule has 0 spiro atoms. The fraction of sp³-hybridized carbons (Fsp3) is 0.364. The van der Waals surface area contributed by atoms with E-state index in [9.17, 15) is 9.59 Å². The Morgan fingerprint density at radius 3 is 2.52 bits per heavy atom. The van der Waals surface area contributed by atoms with Crippen LogP contribution in [0.3, 0.4) is 0 Å². The summed E-state index contributed by atoms with van der Waals surface area (Å²) in [4.78, 5) is 27.6. The maximum Gasteiger partial charge on any atom is 0.227 e. The van der Waals surface area contributed by atoms with Crippen LogP contribution in [0.25, 0.3) is 0 Å². The number of Topliss-reactive ketones (excluding diaryl/α,β-unsaturated/α-hetero) is 1. The molecule has 1 aliphatic rings. The number of hydrogen-bond acceptors (Lipinski definition) is 4. The van der Waals surface area contributed by atoms with Crippen LogP contribution < -0.4 is 9.47 Å². The molecule has 2 aromatic carbocycles. The highest BCUT2D eigenvalue weighted by Crippen LogP contribution is 2.26. The van der Waals surface area contributed by atoms with Crippen LogP contribution in [0.4, 0.5) is 0 Å². The molecular weight excluding hydrogens is 342 g/mol. The van der Waals surface area contributed by atoms with Gasteiger partial charge in [0.2, 0.25) is 5.91 Å². The third-order valence-corrected chi connectivity index (χ3v) is 5.09. The average molecular weight is 367 g/mol. The summed E-state index contributed by atoms with van der Waals surface area (Å²) in [6.07, 6.45) is 1.76. The average Bonchev–Trinajstić information content (AvgIpc) is 3.17. The maximum absolute atomic E-state index is 13.0. The summed E-state index contributed by atoms with van der Waals surface area (Å²) >= 11 is 0. The van der Waals surface area contributed by atoms with E-state index in [0.717, 1.165) is 23.3 Å². The van der Waals surface area contributed by atoms with Gasteiger partial charge in [0.25, 0.3) is 0 Å². The number of hydrogen-bond donors (Lipinski definition) is 0. The van der Waals surface area contributed by atoms with Crippen LogP contribution in [-0.4, -0.2) is 43.4 Å². The Hall–Kier alpha value is -2.82. The van der Waals surface area contributed by atoms with E-state index >= 15 is 0 Å². The Bertz CT molecular complexity index is 846. The molecule has 5 heteroatoms. The van der Waals surface area contributed by atoms with E-state index in [2.05, 4.69) is 0 Å². The maximum atomic E-state index is 13.0. The topological polar surface area (TPSA) is 55.8 Å². The molecule has 0 N–H and O–H groups in total. The van der Waals surface area contributed by atoms with Crippen molar-refractivity contribution in [2.45, 2.75) is 32.2 Å².